The lowest BCUT2D eigenvalue weighted by Crippen LogP contribution is -2.48. The Morgan fingerprint density at radius 2 is 2.23 bits per heavy atom. The summed E-state index contributed by atoms with van der Waals surface area (Å²) in [6, 6.07) is 2.65. The van der Waals surface area contributed by atoms with Crippen molar-refractivity contribution in [3.8, 4) is 0 Å². The third-order valence-corrected chi connectivity index (χ3v) is 3.94. The second-order valence-electron chi connectivity index (χ2n) is 5.56. The predicted octanol–water partition coefficient (Wildman–Crippen LogP) is 0.800. The Morgan fingerprint density at radius 3 is 2.86 bits per heavy atom. The summed E-state index contributed by atoms with van der Waals surface area (Å²) in [4.78, 5) is 14.0. The molecule has 0 bridgehead atoms. The van der Waals surface area contributed by atoms with E-state index in [9.17, 15) is 13.6 Å². The second-order valence-corrected chi connectivity index (χ2v) is 5.56. The number of carbonyl (C=O) groups is 1. The quantitative estimate of drug-likeness (QED) is 0.844. The largest absolute Gasteiger partial charge is 0.383 e. The van der Waals surface area contributed by atoms with Crippen LogP contribution < -0.4 is 11.1 Å². The van der Waals surface area contributed by atoms with Gasteiger partial charge >= 0.3 is 0 Å². The number of likely N-dealkylation sites (N-methyl/N-ethyl adjacent to an activating group) is 1. The van der Waals surface area contributed by atoms with Crippen LogP contribution in [-0.2, 0) is 9.53 Å². The number of likely N-dealkylation sites (tertiary alicyclic amines) is 1. The summed E-state index contributed by atoms with van der Waals surface area (Å²) in [5, 5.41) is 2.87. The topological polar surface area (TPSA) is 67.6 Å². The Balaban J connectivity index is 2.14. The van der Waals surface area contributed by atoms with Gasteiger partial charge in [0.15, 0.2) is 11.6 Å². The molecule has 0 saturated carbocycles. The van der Waals surface area contributed by atoms with Crippen molar-refractivity contribution in [1.29, 1.82) is 0 Å². The summed E-state index contributed by atoms with van der Waals surface area (Å²) >= 11 is 0. The highest BCUT2D eigenvalue weighted by molar-refractivity contribution is 5.82. The van der Waals surface area contributed by atoms with Gasteiger partial charge < -0.3 is 15.8 Å². The fourth-order valence-corrected chi connectivity index (χ4v) is 2.83. The maximum Gasteiger partial charge on any atom is 0.239 e. The molecule has 0 radical (unpaired) electrons. The number of amides is 1. The molecular weight excluding hydrogens is 292 g/mol. The van der Waals surface area contributed by atoms with Crippen molar-refractivity contribution in [1.82, 2.24) is 10.2 Å². The highest BCUT2D eigenvalue weighted by Crippen LogP contribution is 2.31. The Bertz CT molecular complexity index is 542. The van der Waals surface area contributed by atoms with Crippen LogP contribution in [0.2, 0.25) is 0 Å². The minimum Gasteiger partial charge on any atom is -0.383 e. The van der Waals surface area contributed by atoms with Crippen molar-refractivity contribution in [2.45, 2.75) is 24.5 Å². The summed E-state index contributed by atoms with van der Waals surface area (Å²) < 4.78 is 31.4. The Kier molecular flexibility index (Phi) is 5.44. The zero-order valence-corrected chi connectivity index (χ0v) is 12.7. The average Bonchev–Trinajstić information content (AvgIpc) is 2.83. The predicted molar refractivity (Wildman–Crippen MR) is 78.1 cm³/mol. The van der Waals surface area contributed by atoms with Crippen LogP contribution in [-0.4, -0.2) is 50.2 Å². The molecule has 1 aromatic rings. The van der Waals surface area contributed by atoms with E-state index in [0.717, 1.165) is 12.6 Å². The number of ether oxygens (including phenoxy) is 1. The monoisotopic (exact) mass is 313 g/mol. The number of methoxy groups -OCH3 is 1. The van der Waals surface area contributed by atoms with Gasteiger partial charge in [-0.05, 0) is 31.2 Å². The first-order valence-electron chi connectivity index (χ1n) is 7.14. The van der Waals surface area contributed by atoms with Gasteiger partial charge in [0, 0.05) is 19.7 Å². The Morgan fingerprint density at radius 1 is 1.50 bits per heavy atom. The molecule has 7 heteroatoms. The van der Waals surface area contributed by atoms with Crippen molar-refractivity contribution in [3.63, 3.8) is 0 Å². The van der Waals surface area contributed by atoms with Crippen LogP contribution in [0.4, 0.5) is 8.78 Å². The second kappa shape index (κ2) is 7.13. The van der Waals surface area contributed by atoms with Gasteiger partial charge in [0.2, 0.25) is 5.91 Å². The van der Waals surface area contributed by atoms with Gasteiger partial charge in [-0.25, -0.2) is 8.78 Å². The zero-order chi connectivity index (χ0) is 16.3. The number of benzene rings is 1. The van der Waals surface area contributed by atoms with Gasteiger partial charge in [-0.3, -0.25) is 9.69 Å². The van der Waals surface area contributed by atoms with Crippen LogP contribution in [0.1, 0.15) is 18.0 Å². The lowest BCUT2D eigenvalue weighted by Gasteiger charge is -2.27. The normalized spacial score (nSPS) is 23.5. The van der Waals surface area contributed by atoms with E-state index in [-0.39, 0.29) is 24.6 Å². The smallest absolute Gasteiger partial charge is 0.239 e. The van der Waals surface area contributed by atoms with E-state index in [0.29, 0.717) is 12.0 Å². The molecule has 1 heterocycles. The first-order valence-corrected chi connectivity index (χ1v) is 7.14. The van der Waals surface area contributed by atoms with Crippen LogP contribution in [0.15, 0.2) is 18.2 Å². The molecule has 3 atom stereocenters. The summed E-state index contributed by atoms with van der Waals surface area (Å²) in [6.07, 6.45) is 0.714. The highest BCUT2D eigenvalue weighted by atomic mass is 19.2. The van der Waals surface area contributed by atoms with E-state index in [2.05, 4.69) is 5.32 Å². The molecule has 3 unspecified atom stereocenters. The van der Waals surface area contributed by atoms with Crippen LogP contribution in [0, 0.1) is 11.6 Å². The fraction of sp³-hybridized carbons (Fsp3) is 0.533. The van der Waals surface area contributed by atoms with Crippen molar-refractivity contribution < 1.29 is 18.3 Å². The number of hydrogen-bond donors (Lipinski definition) is 2. The average molecular weight is 313 g/mol. The lowest BCUT2D eigenvalue weighted by atomic mass is 9.99. The van der Waals surface area contributed by atoms with Crippen LogP contribution in [0.3, 0.4) is 0 Å². The zero-order valence-electron chi connectivity index (χ0n) is 12.7. The molecular formula is C15H21F2N3O2. The number of nitrogens with one attached hydrogen (secondary N) is 1. The molecule has 122 valence electrons. The number of halogens is 2. The van der Waals surface area contributed by atoms with Gasteiger partial charge in [0.25, 0.3) is 0 Å². The van der Waals surface area contributed by atoms with Crippen molar-refractivity contribution in [2.24, 2.45) is 5.73 Å². The molecule has 2 rings (SSSR count). The Hall–Kier alpha value is -1.57. The molecule has 1 aromatic carbocycles. The van der Waals surface area contributed by atoms with E-state index in [4.69, 9.17) is 10.5 Å². The molecule has 1 fully saturated rings. The number of carbonyl (C=O) groups excluding carboxylic acids is 1. The van der Waals surface area contributed by atoms with E-state index < -0.39 is 17.7 Å². The van der Waals surface area contributed by atoms with Crippen LogP contribution >= 0.6 is 0 Å². The highest BCUT2D eigenvalue weighted by Gasteiger charge is 2.35. The minimum atomic E-state index is -0.890. The summed E-state index contributed by atoms with van der Waals surface area (Å²) in [6.45, 7) is 0.873. The minimum absolute atomic E-state index is 0.129. The van der Waals surface area contributed by atoms with E-state index in [1.807, 2.05) is 11.9 Å². The maximum atomic E-state index is 13.5. The summed E-state index contributed by atoms with van der Waals surface area (Å²) in [7, 11) is 3.35. The van der Waals surface area contributed by atoms with Gasteiger partial charge in [0.05, 0.1) is 12.6 Å². The molecule has 22 heavy (non-hydrogen) atoms. The van der Waals surface area contributed by atoms with Gasteiger partial charge in [-0.2, -0.15) is 0 Å². The molecule has 5 nitrogen and oxygen atoms in total. The van der Waals surface area contributed by atoms with E-state index >= 15 is 0 Å². The summed E-state index contributed by atoms with van der Waals surface area (Å²) in [5.41, 5.74) is 6.34. The Labute approximate surface area is 128 Å². The third kappa shape index (κ3) is 3.60. The molecule has 0 aromatic heterocycles. The van der Waals surface area contributed by atoms with Gasteiger partial charge in [-0.1, -0.05) is 6.07 Å². The SMILES string of the molecule is COCC(N)C(=O)NC1CCN(C)C1c1ccc(F)c(F)c1. The fourth-order valence-electron chi connectivity index (χ4n) is 2.83. The number of hydrogen-bond acceptors (Lipinski definition) is 4. The van der Waals surface area contributed by atoms with Crippen molar-refractivity contribution in [3.05, 3.63) is 35.4 Å². The number of nitrogens with zero attached hydrogens (tertiary/aromatic N) is 1. The van der Waals surface area contributed by atoms with E-state index in [1.165, 1.54) is 13.2 Å². The molecule has 1 aliphatic rings. The number of nitrogens with two attached hydrogens (primary N) is 1. The van der Waals surface area contributed by atoms with Gasteiger partial charge in [0.1, 0.15) is 6.04 Å². The third-order valence-electron chi connectivity index (χ3n) is 3.94. The van der Waals surface area contributed by atoms with E-state index in [1.54, 1.807) is 6.07 Å². The molecule has 1 aliphatic heterocycles. The maximum absolute atomic E-state index is 13.5. The number of rotatable bonds is 5. The summed E-state index contributed by atoms with van der Waals surface area (Å²) in [5.74, 6) is -2.08. The lowest BCUT2D eigenvalue weighted by molar-refractivity contribution is -0.124. The molecule has 1 saturated heterocycles. The van der Waals surface area contributed by atoms with Crippen molar-refractivity contribution in [2.75, 3.05) is 27.3 Å². The van der Waals surface area contributed by atoms with Crippen LogP contribution in [0.5, 0.6) is 0 Å². The molecule has 3 N–H and O–H groups in total. The molecule has 0 aliphatic carbocycles. The molecule has 1 amide bonds. The standard InChI is InChI=1S/C15H21F2N3O2/c1-20-6-5-13(19-15(21)12(18)8-22-2)14(20)9-3-4-10(16)11(17)7-9/h3-4,7,12-14H,5-6,8,18H2,1-2H3,(H,19,21). The van der Waals surface area contributed by atoms with Crippen molar-refractivity contribution >= 4 is 5.91 Å². The molecule has 0 spiro atoms. The first kappa shape index (κ1) is 16.8. The van der Waals surface area contributed by atoms with Gasteiger partial charge in [-0.15, -0.1) is 0 Å². The first-order chi connectivity index (χ1) is 10.4. The van der Waals surface area contributed by atoms with Crippen LogP contribution in [0.25, 0.3) is 0 Å².